The van der Waals surface area contributed by atoms with E-state index in [0.717, 1.165) is 16.9 Å². The van der Waals surface area contributed by atoms with Crippen molar-refractivity contribution in [3.63, 3.8) is 0 Å². The summed E-state index contributed by atoms with van der Waals surface area (Å²) in [4.78, 5) is 12.6. The van der Waals surface area contributed by atoms with Crippen LogP contribution in [-0.4, -0.2) is 26.3 Å². The number of carbonyl (C=O) groups is 1. The van der Waals surface area contributed by atoms with E-state index in [1.54, 1.807) is 7.11 Å². The summed E-state index contributed by atoms with van der Waals surface area (Å²) in [6.45, 7) is 4.96. The molecule has 0 saturated carbocycles. The quantitative estimate of drug-likeness (QED) is 0.779. The summed E-state index contributed by atoms with van der Waals surface area (Å²) in [5.74, 6) is 1.85. The summed E-state index contributed by atoms with van der Waals surface area (Å²) in [6, 6.07) is 13.0. The largest absolute Gasteiger partial charge is 0.497 e. The zero-order valence-electron chi connectivity index (χ0n) is 14.7. The van der Waals surface area contributed by atoms with Crippen molar-refractivity contribution >= 4 is 5.97 Å². The van der Waals surface area contributed by atoms with Gasteiger partial charge in [0.15, 0.2) is 11.5 Å². The Kier molecular flexibility index (Phi) is 4.83. The Hall–Kier alpha value is -2.69. The van der Waals surface area contributed by atoms with E-state index in [4.69, 9.17) is 18.9 Å². The van der Waals surface area contributed by atoms with E-state index >= 15 is 0 Å². The second-order valence-corrected chi connectivity index (χ2v) is 6.41. The van der Waals surface area contributed by atoms with Crippen molar-refractivity contribution in [3.8, 4) is 17.2 Å². The number of rotatable bonds is 5. The molecule has 132 valence electrons. The van der Waals surface area contributed by atoms with E-state index in [-0.39, 0.29) is 12.6 Å². The first-order valence-electron chi connectivity index (χ1n) is 8.21. The molecule has 5 nitrogen and oxygen atoms in total. The molecule has 0 fully saturated rings. The Morgan fingerprint density at radius 1 is 1.04 bits per heavy atom. The van der Waals surface area contributed by atoms with Gasteiger partial charge in [0.25, 0.3) is 0 Å². The highest BCUT2D eigenvalue weighted by Gasteiger charge is 2.32. The van der Waals surface area contributed by atoms with Gasteiger partial charge in [-0.05, 0) is 49.2 Å². The van der Waals surface area contributed by atoms with Crippen molar-refractivity contribution < 1.29 is 23.7 Å². The molecule has 3 rings (SSSR count). The lowest BCUT2D eigenvalue weighted by atomic mass is 9.84. The fourth-order valence-corrected chi connectivity index (χ4v) is 2.60. The van der Waals surface area contributed by atoms with E-state index in [0.29, 0.717) is 24.7 Å². The van der Waals surface area contributed by atoms with Gasteiger partial charge in [-0.15, -0.1) is 0 Å². The lowest BCUT2D eigenvalue weighted by Crippen LogP contribution is -2.31. The Morgan fingerprint density at radius 2 is 1.72 bits per heavy atom. The molecule has 1 aliphatic heterocycles. The van der Waals surface area contributed by atoms with Crippen LogP contribution in [-0.2, 0) is 21.6 Å². The van der Waals surface area contributed by atoms with Gasteiger partial charge in [-0.2, -0.15) is 0 Å². The zero-order valence-corrected chi connectivity index (χ0v) is 14.7. The van der Waals surface area contributed by atoms with Crippen molar-refractivity contribution in [1.29, 1.82) is 0 Å². The molecule has 0 N–H and O–H groups in total. The molecule has 0 aromatic heterocycles. The lowest BCUT2D eigenvalue weighted by Gasteiger charge is -2.25. The molecule has 2 aromatic carbocycles. The van der Waals surface area contributed by atoms with E-state index in [1.807, 2.05) is 56.3 Å². The molecule has 5 heteroatoms. The molecule has 0 atom stereocenters. The number of hydrogen-bond donors (Lipinski definition) is 0. The first-order chi connectivity index (χ1) is 12.0. The van der Waals surface area contributed by atoms with Crippen LogP contribution >= 0.6 is 0 Å². The Labute approximate surface area is 147 Å². The molecule has 1 heterocycles. The first-order valence-corrected chi connectivity index (χ1v) is 8.21. The van der Waals surface area contributed by atoms with Crippen molar-refractivity contribution in [3.05, 3.63) is 53.6 Å². The minimum atomic E-state index is -0.789. The average molecular weight is 342 g/mol. The van der Waals surface area contributed by atoms with Crippen LogP contribution in [0, 0.1) is 0 Å². The summed E-state index contributed by atoms with van der Waals surface area (Å²) in [5, 5.41) is 0. The second-order valence-electron chi connectivity index (χ2n) is 6.41. The molecular formula is C20H22O5. The normalized spacial score (nSPS) is 13.2. The van der Waals surface area contributed by atoms with Gasteiger partial charge >= 0.3 is 5.97 Å². The van der Waals surface area contributed by atoms with Crippen LogP contribution < -0.4 is 14.2 Å². The number of carbonyl (C=O) groups excluding carboxylic acids is 1. The fourth-order valence-electron chi connectivity index (χ4n) is 2.60. The van der Waals surface area contributed by atoms with E-state index < -0.39 is 5.41 Å². The fraction of sp³-hybridized carbons (Fsp3) is 0.350. The number of esters is 1. The summed E-state index contributed by atoms with van der Waals surface area (Å²) in [5.41, 5.74) is 0.950. The highest BCUT2D eigenvalue weighted by molar-refractivity contribution is 5.82. The van der Waals surface area contributed by atoms with Crippen LogP contribution in [0.2, 0.25) is 0 Å². The number of hydrogen-bond acceptors (Lipinski definition) is 5. The third-order valence-corrected chi connectivity index (χ3v) is 4.30. The standard InChI is InChI=1S/C20H22O5/c1-20(2,15-6-9-17-18(12-15)24-11-10-23-17)19(21)25-13-14-4-7-16(22-3)8-5-14/h4-9,12H,10-11,13H2,1-3H3. The van der Waals surface area contributed by atoms with Crippen molar-refractivity contribution in [2.45, 2.75) is 25.9 Å². The molecule has 0 bridgehead atoms. The third kappa shape index (κ3) is 3.71. The number of fused-ring (bicyclic) bond motifs is 1. The summed E-state index contributed by atoms with van der Waals surface area (Å²) < 4.78 is 21.8. The molecule has 1 aliphatic rings. The SMILES string of the molecule is COc1ccc(COC(=O)C(C)(C)c2ccc3c(c2)OCCO3)cc1. The predicted molar refractivity (Wildman–Crippen MR) is 93.2 cm³/mol. The van der Waals surface area contributed by atoms with Crippen LogP contribution in [0.15, 0.2) is 42.5 Å². The summed E-state index contributed by atoms with van der Waals surface area (Å²) in [6.07, 6.45) is 0. The molecule has 0 aliphatic carbocycles. The third-order valence-electron chi connectivity index (χ3n) is 4.30. The molecule has 0 amide bonds. The highest BCUT2D eigenvalue weighted by Crippen LogP contribution is 2.35. The van der Waals surface area contributed by atoms with Crippen LogP contribution in [0.5, 0.6) is 17.2 Å². The minimum Gasteiger partial charge on any atom is -0.497 e. The highest BCUT2D eigenvalue weighted by atomic mass is 16.6. The molecule has 0 radical (unpaired) electrons. The first kappa shape index (κ1) is 17.1. The summed E-state index contributed by atoms with van der Waals surface area (Å²) >= 11 is 0. The van der Waals surface area contributed by atoms with Crippen LogP contribution in [0.4, 0.5) is 0 Å². The lowest BCUT2D eigenvalue weighted by molar-refractivity contribution is -0.150. The van der Waals surface area contributed by atoms with Gasteiger partial charge in [-0.3, -0.25) is 4.79 Å². The van der Waals surface area contributed by atoms with Gasteiger partial charge in [-0.25, -0.2) is 0 Å². The van der Waals surface area contributed by atoms with E-state index in [1.165, 1.54) is 0 Å². The Balaban J connectivity index is 1.69. The topological polar surface area (TPSA) is 54.0 Å². The van der Waals surface area contributed by atoms with Gasteiger partial charge in [0.1, 0.15) is 25.6 Å². The molecular weight excluding hydrogens is 320 g/mol. The Bertz CT molecular complexity index is 749. The number of benzene rings is 2. The average Bonchev–Trinajstić information content (AvgIpc) is 2.66. The van der Waals surface area contributed by atoms with Crippen LogP contribution in [0.25, 0.3) is 0 Å². The van der Waals surface area contributed by atoms with E-state index in [2.05, 4.69) is 0 Å². The van der Waals surface area contributed by atoms with Gasteiger partial charge in [-0.1, -0.05) is 18.2 Å². The molecule has 0 unspecified atom stereocenters. The molecule has 25 heavy (non-hydrogen) atoms. The maximum atomic E-state index is 12.6. The Morgan fingerprint density at radius 3 is 2.40 bits per heavy atom. The van der Waals surface area contributed by atoms with Gasteiger partial charge < -0.3 is 18.9 Å². The van der Waals surface area contributed by atoms with Crippen molar-refractivity contribution in [1.82, 2.24) is 0 Å². The predicted octanol–water partition coefficient (Wildman–Crippen LogP) is 3.49. The monoisotopic (exact) mass is 342 g/mol. The minimum absolute atomic E-state index is 0.219. The van der Waals surface area contributed by atoms with Crippen molar-refractivity contribution in [2.75, 3.05) is 20.3 Å². The summed E-state index contributed by atoms with van der Waals surface area (Å²) in [7, 11) is 1.62. The number of methoxy groups -OCH3 is 1. The van der Waals surface area contributed by atoms with Crippen molar-refractivity contribution in [2.24, 2.45) is 0 Å². The van der Waals surface area contributed by atoms with E-state index in [9.17, 15) is 4.79 Å². The van der Waals surface area contributed by atoms with Crippen LogP contribution in [0.1, 0.15) is 25.0 Å². The molecule has 2 aromatic rings. The second kappa shape index (κ2) is 7.05. The van der Waals surface area contributed by atoms with Gasteiger partial charge in [0, 0.05) is 0 Å². The van der Waals surface area contributed by atoms with Gasteiger partial charge in [0.05, 0.1) is 12.5 Å². The smallest absolute Gasteiger partial charge is 0.316 e. The maximum Gasteiger partial charge on any atom is 0.316 e. The maximum absolute atomic E-state index is 12.6. The van der Waals surface area contributed by atoms with Crippen LogP contribution in [0.3, 0.4) is 0 Å². The molecule has 0 spiro atoms. The zero-order chi connectivity index (χ0) is 17.9. The van der Waals surface area contributed by atoms with Gasteiger partial charge in [0.2, 0.25) is 0 Å². The number of ether oxygens (including phenoxy) is 4. The molecule has 0 saturated heterocycles.